The molecule has 0 saturated carbocycles. The fraction of sp³-hybridized carbons (Fsp3) is 0.944. The molecule has 0 radical (unpaired) electrons. The van der Waals surface area contributed by atoms with E-state index in [0.717, 1.165) is 12.3 Å². The average Bonchev–Trinajstić information content (AvgIpc) is 2.46. The molecule has 0 fully saturated rings. The fourth-order valence-corrected chi connectivity index (χ4v) is 2.64. The topological polar surface area (TPSA) is 26.3 Å². The van der Waals surface area contributed by atoms with E-state index in [1.54, 1.807) is 0 Å². The lowest BCUT2D eigenvalue weighted by molar-refractivity contribution is -0.140. The molecule has 20 heavy (non-hydrogen) atoms. The van der Waals surface area contributed by atoms with Crippen molar-refractivity contribution in [3.8, 4) is 0 Å². The van der Waals surface area contributed by atoms with Crippen LogP contribution in [0, 0.1) is 5.92 Å². The van der Waals surface area contributed by atoms with Crippen molar-refractivity contribution in [3.63, 3.8) is 0 Å². The summed E-state index contributed by atoms with van der Waals surface area (Å²) in [5, 5.41) is 0. The second kappa shape index (κ2) is 14.9. The minimum Gasteiger partial charge on any atom is -0.469 e. The summed E-state index contributed by atoms with van der Waals surface area (Å²) in [5.74, 6) is 0.809. The zero-order valence-electron chi connectivity index (χ0n) is 14.1. The quantitative estimate of drug-likeness (QED) is 0.294. The molecule has 0 aromatic heterocycles. The van der Waals surface area contributed by atoms with Gasteiger partial charge in [0.15, 0.2) is 0 Å². The molecule has 1 unspecified atom stereocenters. The van der Waals surface area contributed by atoms with Crippen molar-refractivity contribution in [2.45, 2.75) is 97.3 Å². The van der Waals surface area contributed by atoms with Crippen LogP contribution in [-0.2, 0) is 9.53 Å². The van der Waals surface area contributed by atoms with E-state index in [2.05, 4.69) is 18.6 Å². The summed E-state index contributed by atoms with van der Waals surface area (Å²) in [5.41, 5.74) is 0. The van der Waals surface area contributed by atoms with E-state index >= 15 is 0 Å². The molecule has 0 aliphatic carbocycles. The van der Waals surface area contributed by atoms with Gasteiger partial charge in [-0.1, -0.05) is 84.5 Å². The van der Waals surface area contributed by atoms with Crippen LogP contribution in [0.2, 0.25) is 0 Å². The van der Waals surface area contributed by atoms with Crippen LogP contribution in [0.25, 0.3) is 0 Å². The lowest BCUT2D eigenvalue weighted by Crippen LogP contribution is -1.99. The number of rotatable bonds is 14. The number of methoxy groups -OCH3 is 1. The Hall–Kier alpha value is -0.530. The van der Waals surface area contributed by atoms with Gasteiger partial charge in [-0.2, -0.15) is 0 Å². The molecule has 0 heterocycles. The molecule has 0 rings (SSSR count). The van der Waals surface area contributed by atoms with Crippen molar-refractivity contribution in [1.29, 1.82) is 0 Å². The van der Waals surface area contributed by atoms with Crippen LogP contribution in [0.5, 0.6) is 0 Å². The Bertz CT molecular complexity index is 213. The monoisotopic (exact) mass is 284 g/mol. The minimum atomic E-state index is -0.0681. The molecule has 120 valence electrons. The first-order valence-electron chi connectivity index (χ1n) is 8.77. The van der Waals surface area contributed by atoms with Crippen molar-refractivity contribution in [3.05, 3.63) is 0 Å². The number of ether oxygens (including phenoxy) is 1. The molecule has 1 atom stereocenters. The van der Waals surface area contributed by atoms with Gasteiger partial charge in [0.1, 0.15) is 0 Å². The fourth-order valence-electron chi connectivity index (χ4n) is 2.64. The van der Waals surface area contributed by atoms with Crippen molar-refractivity contribution < 1.29 is 9.53 Å². The molecule has 0 saturated heterocycles. The Balaban J connectivity index is 3.20. The summed E-state index contributed by atoms with van der Waals surface area (Å²) in [7, 11) is 1.46. The van der Waals surface area contributed by atoms with Crippen LogP contribution in [0.1, 0.15) is 97.3 Å². The molecule has 0 aromatic rings. The highest BCUT2D eigenvalue weighted by Crippen LogP contribution is 2.18. The van der Waals surface area contributed by atoms with Gasteiger partial charge in [0, 0.05) is 6.42 Å². The predicted octanol–water partition coefficient (Wildman–Crippen LogP) is 5.89. The molecule has 0 bridgehead atoms. The van der Waals surface area contributed by atoms with Crippen LogP contribution in [0.3, 0.4) is 0 Å². The predicted molar refractivity (Wildman–Crippen MR) is 86.9 cm³/mol. The van der Waals surface area contributed by atoms with Crippen molar-refractivity contribution >= 4 is 5.97 Å². The molecular formula is C18H36O2. The third-order valence-electron chi connectivity index (χ3n) is 4.11. The highest BCUT2D eigenvalue weighted by molar-refractivity contribution is 5.68. The molecule has 2 heteroatoms. The van der Waals surface area contributed by atoms with Gasteiger partial charge in [0.25, 0.3) is 0 Å². The Morgan fingerprint density at radius 3 is 1.90 bits per heavy atom. The van der Waals surface area contributed by atoms with Crippen LogP contribution in [0.15, 0.2) is 0 Å². The standard InChI is InChI=1S/C18H36O2/c1-4-5-6-7-8-11-14-17(2)15-12-9-10-13-16-18(19)20-3/h17H,4-16H2,1-3H3. The molecule has 0 aromatic carbocycles. The first-order chi connectivity index (χ1) is 9.70. The number of hydrogen-bond acceptors (Lipinski definition) is 2. The summed E-state index contributed by atoms with van der Waals surface area (Å²) in [6.45, 7) is 4.66. The maximum atomic E-state index is 10.9. The zero-order chi connectivity index (χ0) is 15.1. The molecule has 0 spiro atoms. The first kappa shape index (κ1) is 19.5. The van der Waals surface area contributed by atoms with Gasteiger partial charge in [0.2, 0.25) is 0 Å². The summed E-state index contributed by atoms with van der Waals surface area (Å²) >= 11 is 0. The lowest BCUT2D eigenvalue weighted by Gasteiger charge is -2.10. The van der Waals surface area contributed by atoms with Gasteiger partial charge >= 0.3 is 5.97 Å². The van der Waals surface area contributed by atoms with E-state index < -0.39 is 0 Å². The highest BCUT2D eigenvalue weighted by Gasteiger charge is 2.03. The van der Waals surface area contributed by atoms with Crippen LogP contribution in [0.4, 0.5) is 0 Å². The summed E-state index contributed by atoms with van der Waals surface area (Å²) in [6.07, 6.45) is 16.5. The van der Waals surface area contributed by atoms with E-state index in [0.29, 0.717) is 6.42 Å². The van der Waals surface area contributed by atoms with Gasteiger partial charge in [-0.05, 0) is 12.3 Å². The van der Waals surface area contributed by atoms with Crippen LogP contribution < -0.4 is 0 Å². The number of carbonyl (C=O) groups excluding carboxylic acids is 1. The van der Waals surface area contributed by atoms with Gasteiger partial charge in [-0.15, -0.1) is 0 Å². The van der Waals surface area contributed by atoms with E-state index in [9.17, 15) is 4.79 Å². The molecule has 2 nitrogen and oxygen atoms in total. The second-order valence-electron chi connectivity index (χ2n) is 6.19. The molecule has 0 aliphatic heterocycles. The average molecular weight is 284 g/mol. The Morgan fingerprint density at radius 2 is 1.35 bits per heavy atom. The maximum Gasteiger partial charge on any atom is 0.305 e. The van der Waals surface area contributed by atoms with E-state index in [-0.39, 0.29) is 5.97 Å². The Morgan fingerprint density at radius 1 is 0.850 bits per heavy atom. The largest absolute Gasteiger partial charge is 0.469 e. The van der Waals surface area contributed by atoms with Crippen molar-refractivity contribution in [2.24, 2.45) is 5.92 Å². The van der Waals surface area contributed by atoms with Crippen LogP contribution >= 0.6 is 0 Å². The highest BCUT2D eigenvalue weighted by atomic mass is 16.5. The molecule has 0 N–H and O–H groups in total. The van der Waals surface area contributed by atoms with Gasteiger partial charge < -0.3 is 4.74 Å². The summed E-state index contributed by atoms with van der Waals surface area (Å²) in [4.78, 5) is 10.9. The second-order valence-corrected chi connectivity index (χ2v) is 6.19. The van der Waals surface area contributed by atoms with E-state index in [4.69, 9.17) is 0 Å². The van der Waals surface area contributed by atoms with E-state index in [1.807, 2.05) is 0 Å². The third-order valence-corrected chi connectivity index (χ3v) is 4.11. The summed E-state index contributed by atoms with van der Waals surface area (Å²) < 4.78 is 4.64. The van der Waals surface area contributed by atoms with Crippen molar-refractivity contribution in [1.82, 2.24) is 0 Å². The lowest BCUT2D eigenvalue weighted by atomic mass is 9.96. The van der Waals surface area contributed by atoms with E-state index in [1.165, 1.54) is 77.7 Å². The van der Waals surface area contributed by atoms with Gasteiger partial charge in [-0.3, -0.25) is 4.79 Å². The van der Waals surface area contributed by atoms with Crippen molar-refractivity contribution in [2.75, 3.05) is 7.11 Å². The van der Waals surface area contributed by atoms with Crippen LogP contribution in [-0.4, -0.2) is 13.1 Å². The number of esters is 1. The summed E-state index contributed by atoms with van der Waals surface area (Å²) in [6, 6.07) is 0. The minimum absolute atomic E-state index is 0.0681. The number of hydrogen-bond donors (Lipinski definition) is 0. The molecule has 0 aliphatic rings. The number of carbonyl (C=O) groups is 1. The molecular weight excluding hydrogens is 248 g/mol. The molecule has 0 amide bonds. The first-order valence-corrected chi connectivity index (χ1v) is 8.77. The third kappa shape index (κ3) is 13.9. The van der Waals surface area contributed by atoms with Gasteiger partial charge in [0.05, 0.1) is 7.11 Å². The SMILES string of the molecule is CCCCCCCCC(C)CCCCCCC(=O)OC. The van der Waals surface area contributed by atoms with Gasteiger partial charge in [-0.25, -0.2) is 0 Å². The number of unbranched alkanes of at least 4 members (excludes halogenated alkanes) is 8. The Kier molecular flexibility index (Phi) is 14.5. The smallest absolute Gasteiger partial charge is 0.305 e. The normalized spacial score (nSPS) is 12.3. The maximum absolute atomic E-state index is 10.9. The Labute approximate surface area is 126 Å². The zero-order valence-corrected chi connectivity index (χ0v) is 14.1.